The Bertz CT molecular complexity index is 814. The van der Waals surface area contributed by atoms with E-state index in [4.69, 9.17) is 23.9 Å². The van der Waals surface area contributed by atoms with Crippen molar-refractivity contribution in [3.05, 3.63) is 35.9 Å². The van der Waals surface area contributed by atoms with Crippen molar-refractivity contribution in [2.75, 3.05) is 27.0 Å². The maximum atomic E-state index is 12.5. The van der Waals surface area contributed by atoms with E-state index >= 15 is 0 Å². The predicted octanol–water partition coefficient (Wildman–Crippen LogP) is 0.0665. The molecular formula is C16H23N4O7S+. The number of amides is 1. The summed E-state index contributed by atoms with van der Waals surface area (Å²) in [5.74, 6) is -0.370. The van der Waals surface area contributed by atoms with Crippen LogP contribution in [0.3, 0.4) is 0 Å². The van der Waals surface area contributed by atoms with E-state index in [2.05, 4.69) is 15.3 Å². The monoisotopic (exact) mass is 415 g/mol. The van der Waals surface area contributed by atoms with Crippen molar-refractivity contribution in [3.63, 3.8) is 0 Å². The molecule has 0 bridgehead atoms. The molecular weight excluding hydrogens is 392 g/mol. The highest BCUT2D eigenvalue weighted by Gasteiger charge is 2.50. The topological polar surface area (TPSA) is 150 Å². The van der Waals surface area contributed by atoms with Crippen LogP contribution < -0.4 is 10.2 Å². The highest BCUT2D eigenvalue weighted by atomic mass is 32.2. The van der Waals surface area contributed by atoms with Gasteiger partial charge in [0, 0.05) is 19.8 Å². The summed E-state index contributed by atoms with van der Waals surface area (Å²) >= 11 is 0. The molecule has 1 amide bonds. The zero-order chi connectivity index (χ0) is 20.7. The molecule has 1 saturated heterocycles. The van der Waals surface area contributed by atoms with E-state index in [1.165, 1.54) is 14.2 Å². The smallest absolute Gasteiger partial charge is 0.264 e. The van der Waals surface area contributed by atoms with Gasteiger partial charge in [-0.25, -0.2) is 0 Å². The molecule has 0 aromatic heterocycles. The fourth-order valence-electron chi connectivity index (χ4n) is 2.97. The SMILES string of the molecule is COC1OC([C@@H](CN=[N+]=N)OS(C)(=O)=O)C(OC)C1NC(=O)c1ccccc1. The van der Waals surface area contributed by atoms with Crippen LogP contribution in [0.4, 0.5) is 0 Å². The van der Waals surface area contributed by atoms with Gasteiger partial charge in [0.2, 0.25) is 4.91 Å². The molecule has 0 spiro atoms. The van der Waals surface area contributed by atoms with E-state index in [9.17, 15) is 13.2 Å². The number of ether oxygens (including phenoxy) is 3. The van der Waals surface area contributed by atoms with Crippen molar-refractivity contribution in [3.8, 4) is 0 Å². The Hall–Kier alpha value is -2.21. The summed E-state index contributed by atoms with van der Waals surface area (Å²) in [4.78, 5) is 15.4. The summed E-state index contributed by atoms with van der Waals surface area (Å²) in [5, 5.41) is 6.28. The van der Waals surface area contributed by atoms with E-state index < -0.39 is 40.8 Å². The van der Waals surface area contributed by atoms with Crippen molar-refractivity contribution in [1.29, 1.82) is 5.53 Å². The van der Waals surface area contributed by atoms with Gasteiger partial charge in [0.15, 0.2) is 12.8 Å². The summed E-state index contributed by atoms with van der Waals surface area (Å²) in [6, 6.07) is 7.80. The fraction of sp³-hybridized carbons (Fsp3) is 0.562. The van der Waals surface area contributed by atoms with E-state index in [0.29, 0.717) is 5.56 Å². The normalized spacial score (nSPS) is 25.7. The highest BCUT2D eigenvalue weighted by Crippen LogP contribution is 2.29. The van der Waals surface area contributed by atoms with Crippen LogP contribution >= 0.6 is 0 Å². The lowest BCUT2D eigenvalue weighted by Gasteiger charge is -2.26. The Kier molecular flexibility index (Phi) is 7.75. The molecule has 11 nitrogen and oxygen atoms in total. The summed E-state index contributed by atoms with van der Waals surface area (Å²) in [7, 11) is -1.08. The van der Waals surface area contributed by atoms with Gasteiger partial charge in [-0.15, -0.1) is 0 Å². The molecule has 0 saturated carbocycles. The first kappa shape index (κ1) is 22.1. The van der Waals surface area contributed by atoms with Gasteiger partial charge in [0.1, 0.15) is 35.0 Å². The summed E-state index contributed by atoms with van der Waals surface area (Å²) in [6.07, 6.45) is -2.90. The Morgan fingerprint density at radius 1 is 1.32 bits per heavy atom. The van der Waals surface area contributed by atoms with Crippen molar-refractivity contribution >= 4 is 16.0 Å². The van der Waals surface area contributed by atoms with Gasteiger partial charge in [-0.05, 0) is 12.1 Å². The first-order valence-electron chi connectivity index (χ1n) is 8.29. The van der Waals surface area contributed by atoms with Gasteiger partial charge < -0.3 is 19.5 Å². The molecule has 4 unspecified atom stereocenters. The lowest BCUT2D eigenvalue weighted by molar-refractivity contribution is -0.143. The van der Waals surface area contributed by atoms with Gasteiger partial charge in [-0.2, -0.15) is 8.42 Å². The number of hydrogen-bond donors (Lipinski definition) is 2. The molecule has 1 fully saturated rings. The van der Waals surface area contributed by atoms with Gasteiger partial charge in [-0.1, -0.05) is 18.2 Å². The third-order valence-electron chi connectivity index (χ3n) is 4.10. The van der Waals surface area contributed by atoms with Crippen molar-refractivity contribution < 1.29 is 31.6 Å². The van der Waals surface area contributed by atoms with Crippen LogP contribution in [0.15, 0.2) is 35.4 Å². The summed E-state index contributed by atoms with van der Waals surface area (Å²) in [6.45, 7) is -0.253. The Labute approximate surface area is 162 Å². The first-order valence-corrected chi connectivity index (χ1v) is 10.1. The fourth-order valence-corrected chi connectivity index (χ4v) is 3.59. The quantitative estimate of drug-likeness (QED) is 0.329. The zero-order valence-corrected chi connectivity index (χ0v) is 16.5. The second kappa shape index (κ2) is 9.82. The molecule has 1 aromatic carbocycles. The minimum absolute atomic E-state index is 0.253. The van der Waals surface area contributed by atoms with Crippen LogP contribution in [-0.4, -0.2) is 72.0 Å². The van der Waals surface area contributed by atoms with Crippen LogP contribution in [0.5, 0.6) is 0 Å². The minimum Gasteiger partial charge on any atom is -0.376 e. The minimum atomic E-state index is -3.86. The number of carbonyl (C=O) groups is 1. The molecule has 1 aliphatic heterocycles. The number of rotatable bonds is 9. The Morgan fingerprint density at radius 3 is 2.54 bits per heavy atom. The number of benzene rings is 1. The number of nitrogens with zero attached hydrogens (tertiary/aromatic N) is 2. The average molecular weight is 415 g/mol. The van der Waals surface area contributed by atoms with Crippen LogP contribution in [0.25, 0.3) is 0 Å². The van der Waals surface area contributed by atoms with Gasteiger partial charge in [0.05, 0.1) is 6.26 Å². The van der Waals surface area contributed by atoms with Crippen LogP contribution in [0.2, 0.25) is 0 Å². The van der Waals surface area contributed by atoms with Gasteiger partial charge in [0.25, 0.3) is 16.0 Å². The zero-order valence-electron chi connectivity index (χ0n) is 15.6. The molecule has 1 aromatic rings. The molecule has 0 aliphatic carbocycles. The van der Waals surface area contributed by atoms with Crippen molar-refractivity contribution in [2.24, 2.45) is 5.11 Å². The van der Waals surface area contributed by atoms with Crippen molar-refractivity contribution in [2.45, 2.75) is 30.6 Å². The molecule has 1 aliphatic rings. The number of methoxy groups -OCH3 is 2. The number of hydrogen-bond acceptors (Lipinski definition) is 9. The van der Waals surface area contributed by atoms with Crippen LogP contribution in [0, 0.1) is 5.53 Å². The molecule has 1 heterocycles. The van der Waals surface area contributed by atoms with Gasteiger partial charge in [-0.3, -0.25) is 8.98 Å². The Balaban J connectivity index is 2.26. The molecule has 12 heteroatoms. The van der Waals surface area contributed by atoms with Crippen LogP contribution in [0.1, 0.15) is 10.4 Å². The summed E-state index contributed by atoms with van der Waals surface area (Å²) < 4.78 is 44.8. The van der Waals surface area contributed by atoms with E-state index in [-0.39, 0.29) is 12.5 Å². The second-order valence-corrected chi connectivity index (χ2v) is 7.63. The van der Waals surface area contributed by atoms with Crippen LogP contribution in [-0.2, 0) is 28.5 Å². The average Bonchev–Trinajstić information content (AvgIpc) is 3.02. The maximum Gasteiger partial charge on any atom is 0.264 e. The molecule has 0 radical (unpaired) electrons. The molecule has 2 rings (SSSR count). The van der Waals surface area contributed by atoms with Gasteiger partial charge >= 0.3 is 0 Å². The standard InChI is InChI=1S/C16H22N4O7S/c1-24-14-12(19-15(21)10-7-5-4-6-8-10)16(25-2)26-13(14)11(9-18-20-17)27-28(3,22)23/h4-8,11-14,16-17H,9H2,1-3H3/p+1/t11-,12?,13?,14?,16?/m1/s1. The third kappa shape index (κ3) is 5.64. The van der Waals surface area contributed by atoms with E-state index in [1.807, 2.05) is 0 Å². The molecule has 2 N–H and O–H groups in total. The first-order chi connectivity index (χ1) is 13.3. The predicted molar refractivity (Wildman–Crippen MR) is 96.0 cm³/mol. The second-order valence-electron chi connectivity index (χ2n) is 6.03. The number of nitrogens with one attached hydrogen (secondary N) is 2. The molecule has 28 heavy (non-hydrogen) atoms. The molecule has 5 atom stereocenters. The lowest BCUT2D eigenvalue weighted by atomic mass is 10.0. The van der Waals surface area contributed by atoms with Crippen molar-refractivity contribution in [1.82, 2.24) is 10.2 Å². The number of carbonyl (C=O) groups excluding carboxylic acids is 1. The van der Waals surface area contributed by atoms with E-state index in [1.54, 1.807) is 30.3 Å². The van der Waals surface area contributed by atoms with E-state index in [0.717, 1.165) is 6.26 Å². The Morgan fingerprint density at radius 2 is 2.00 bits per heavy atom. The molecule has 154 valence electrons. The largest absolute Gasteiger partial charge is 0.376 e. The highest BCUT2D eigenvalue weighted by molar-refractivity contribution is 7.86. The lowest BCUT2D eigenvalue weighted by Crippen LogP contribution is -2.51. The third-order valence-corrected chi connectivity index (χ3v) is 4.69. The summed E-state index contributed by atoms with van der Waals surface area (Å²) in [5.41, 5.74) is 7.23. The maximum absolute atomic E-state index is 12.5.